The molecule has 1 aromatic carbocycles. The Morgan fingerprint density at radius 1 is 1.23 bits per heavy atom. The van der Waals surface area contributed by atoms with Crippen molar-refractivity contribution in [2.24, 2.45) is 0 Å². The third-order valence-electron chi connectivity index (χ3n) is 4.02. The zero-order valence-corrected chi connectivity index (χ0v) is 13.8. The van der Waals surface area contributed by atoms with E-state index in [1.54, 1.807) is 0 Å². The number of rotatable bonds is 7. The van der Waals surface area contributed by atoms with Crippen molar-refractivity contribution in [3.8, 4) is 0 Å². The van der Waals surface area contributed by atoms with Crippen molar-refractivity contribution in [3.05, 3.63) is 35.9 Å². The van der Waals surface area contributed by atoms with Crippen LogP contribution in [0.25, 0.3) is 0 Å². The highest BCUT2D eigenvalue weighted by Crippen LogP contribution is 2.21. The summed E-state index contributed by atoms with van der Waals surface area (Å²) in [6.45, 7) is 8.79. The van der Waals surface area contributed by atoms with Gasteiger partial charge in [-0.3, -0.25) is 9.69 Å². The third-order valence-corrected chi connectivity index (χ3v) is 4.02. The smallest absolute Gasteiger partial charge is 0.236 e. The number of hydrogen-bond donors (Lipinski definition) is 0. The Bertz CT molecular complexity index is 444. The average molecular weight is 304 g/mol. The third kappa shape index (κ3) is 4.82. The van der Waals surface area contributed by atoms with E-state index in [0.29, 0.717) is 13.2 Å². The van der Waals surface area contributed by atoms with Crippen molar-refractivity contribution in [3.63, 3.8) is 0 Å². The van der Waals surface area contributed by atoms with E-state index >= 15 is 0 Å². The molecule has 22 heavy (non-hydrogen) atoms. The maximum absolute atomic E-state index is 12.5. The lowest BCUT2D eigenvalue weighted by molar-refractivity contribution is -0.134. The molecule has 1 amide bonds. The number of hydrogen-bond acceptors (Lipinski definition) is 3. The van der Waals surface area contributed by atoms with Gasteiger partial charge in [-0.25, -0.2) is 0 Å². The average Bonchev–Trinajstić information content (AvgIpc) is 2.56. The zero-order chi connectivity index (χ0) is 15.8. The maximum Gasteiger partial charge on any atom is 0.236 e. The van der Waals surface area contributed by atoms with Crippen LogP contribution in [0.2, 0.25) is 0 Å². The molecule has 0 saturated carbocycles. The first-order valence-electron chi connectivity index (χ1n) is 8.41. The Hall–Kier alpha value is -1.39. The van der Waals surface area contributed by atoms with Crippen LogP contribution in [0.3, 0.4) is 0 Å². The van der Waals surface area contributed by atoms with Gasteiger partial charge in [0.05, 0.1) is 19.3 Å². The Labute approximate surface area is 134 Å². The van der Waals surface area contributed by atoms with E-state index in [0.717, 1.165) is 39.0 Å². The number of carbonyl (C=O) groups is 1. The van der Waals surface area contributed by atoms with E-state index in [-0.39, 0.29) is 12.0 Å². The first-order valence-corrected chi connectivity index (χ1v) is 8.41. The molecule has 0 N–H and O–H groups in total. The van der Waals surface area contributed by atoms with E-state index < -0.39 is 0 Å². The van der Waals surface area contributed by atoms with E-state index in [2.05, 4.69) is 30.9 Å². The largest absolute Gasteiger partial charge is 0.371 e. The number of amides is 1. The lowest BCUT2D eigenvalue weighted by Crippen LogP contribution is -2.46. The Kier molecular flexibility index (Phi) is 6.87. The molecule has 0 aliphatic carbocycles. The van der Waals surface area contributed by atoms with Gasteiger partial charge >= 0.3 is 0 Å². The molecule has 1 atom stereocenters. The van der Waals surface area contributed by atoms with Crippen LogP contribution in [0, 0.1) is 0 Å². The molecule has 1 fully saturated rings. The van der Waals surface area contributed by atoms with Gasteiger partial charge in [0.15, 0.2) is 0 Å². The molecular weight excluding hydrogens is 276 g/mol. The fraction of sp³-hybridized carbons (Fsp3) is 0.611. The van der Waals surface area contributed by atoms with Crippen LogP contribution in [-0.4, -0.2) is 55.0 Å². The standard InChI is InChI=1S/C18H28N2O2/c1-3-10-20(11-4-2)18(21)15-19-12-13-22-17(14-19)16-8-6-5-7-9-16/h5-9,17H,3-4,10-15H2,1-2H3/t17-/m0/s1. The predicted octanol–water partition coefficient (Wildman–Crippen LogP) is 2.71. The fourth-order valence-corrected chi connectivity index (χ4v) is 2.91. The zero-order valence-electron chi connectivity index (χ0n) is 13.8. The Morgan fingerprint density at radius 2 is 1.91 bits per heavy atom. The molecular formula is C18H28N2O2. The van der Waals surface area contributed by atoms with Crippen molar-refractivity contribution < 1.29 is 9.53 Å². The van der Waals surface area contributed by atoms with E-state index in [1.807, 2.05) is 23.1 Å². The quantitative estimate of drug-likeness (QED) is 0.776. The van der Waals surface area contributed by atoms with Gasteiger partial charge in [-0.1, -0.05) is 44.2 Å². The SMILES string of the molecule is CCCN(CCC)C(=O)CN1CCO[C@H](c2ccccc2)C1. The highest BCUT2D eigenvalue weighted by molar-refractivity contribution is 5.78. The van der Waals surface area contributed by atoms with Crippen LogP contribution in [0.1, 0.15) is 38.4 Å². The summed E-state index contributed by atoms with van der Waals surface area (Å²) in [4.78, 5) is 16.7. The summed E-state index contributed by atoms with van der Waals surface area (Å²) < 4.78 is 5.86. The van der Waals surface area contributed by atoms with E-state index in [4.69, 9.17) is 4.74 Å². The molecule has 0 radical (unpaired) electrons. The predicted molar refractivity (Wildman–Crippen MR) is 88.7 cm³/mol. The fourth-order valence-electron chi connectivity index (χ4n) is 2.91. The van der Waals surface area contributed by atoms with Crippen LogP contribution in [0.15, 0.2) is 30.3 Å². The van der Waals surface area contributed by atoms with Crippen LogP contribution in [-0.2, 0) is 9.53 Å². The highest BCUT2D eigenvalue weighted by atomic mass is 16.5. The van der Waals surface area contributed by atoms with Gasteiger partial charge in [-0.15, -0.1) is 0 Å². The molecule has 1 aliphatic heterocycles. The van der Waals surface area contributed by atoms with Crippen LogP contribution in [0.4, 0.5) is 0 Å². The number of carbonyl (C=O) groups excluding carboxylic acids is 1. The van der Waals surface area contributed by atoms with E-state index in [9.17, 15) is 4.79 Å². The van der Waals surface area contributed by atoms with E-state index in [1.165, 1.54) is 5.56 Å². The molecule has 1 heterocycles. The summed E-state index contributed by atoms with van der Waals surface area (Å²) in [7, 11) is 0. The highest BCUT2D eigenvalue weighted by Gasteiger charge is 2.24. The van der Waals surface area contributed by atoms with Crippen molar-refractivity contribution in [2.45, 2.75) is 32.8 Å². The summed E-state index contributed by atoms with van der Waals surface area (Å²) >= 11 is 0. The van der Waals surface area contributed by atoms with Gasteiger partial charge in [0, 0.05) is 26.2 Å². The summed E-state index contributed by atoms with van der Waals surface area (Å²) in [5, 5.41) is 0. The molecule has 0 aromatic heterocycles. The molecule has 0 spiro atoms. The number of benzene rings is 1. The lowest BCUT2D eigenvalue weighted by atomic mass is 10.1. The van der Waals surface area contributed by atoms with Gasteiger partial charge in [-0.05, 0) is 18.4 Å². The monoisotopic (exact) mass is 304 g/mol. The molecule has 4 nitrogen and oxygen atoms in total. The molecule has 1 saturated heterocycles. The second-order valence-electron chi connectivity index (χ2n) is 5.89. The van der Waals surface area contributed by atoms with Gasteiger partial charge < -0.3 is 9.64 Å². The van der Waals surface area contributed by atoms with Crippen molar-refractivity contribution in [1.29, 1.82) is 0 Å². The van der Waals surface area contributed by atoms with Crippen molar-refractivity contribution >= 4 is 5.91 Å². The second-order valence-corrected chi connectivity index (χ2v) is 5.89. The summed E-state index contributed by atoms with van der Waals surface area (Å²) in [6.07, 6.45) is 2.11. The molecule has 1 aromatic rings. The van der Waals surface area contributed by atoms with Gasteiger partial charge in [0.2, 0.25) is 5.91 Å². The summed E-state index contributed by atoms with van der Waals surface area (Å²) in [5.74, 6) is 0.248. The minimum Gasteiger partial charge on any atom is -0.371 e. The van der Waals surface area contributed by atoms with Crippen LogP contribution < -0.4 is 0 Å². The molecule has 0 unspecified atom stereocenters. The maximum atomic E-state index is 12.5. The normalized spacial score (nSPS) is 19.1. The van der Waals surface area contributed by atoms with Crippen molar-refractivity contribution in [2.75, 3.05) is 39.3 Å². The van der Waals surface area contributed by atoms with Gasteiger partial charge in [0.1, 0.15) is 0 Å². The van der Waals surface area contributed by atoms with Gasteiger partial charge in [-0.2, -0.15) is 0 Å². The Morgan fingerprint density at radius 3 is 2.55 bits per heavy atom. The number of morpholine rings is 1. The first kappa shape index (κ1) is 17.0. The molecule has 1 aliphatic rings. The van der Waals surface area contributed by atoms with Crippen LogP contribution in [0.5, 0.6) is 0 Å². The molecule has 122 valence electrons. The molecule has 0 bridgehead atoms. The second kappa shape index (κ2) is 8.91. The summed E-state index contributed by atoms with van der Waals surface area (Å²) in [6, 6.07) is 10.3. The van der Waals surface area contributed by atoms with Crippen LogP contribution >= 0.6 is 0 Å². The first-order chi connectivity index (χ1) is 10.7. The number of ether oxygens (including phenoxy) is 1. The van der Waals surface area contributed by atoms with Crippen molar-refractivity contribution in [1.82, 2.24) is 9.80 Å². The topological polar surface area (TPSA) is 32.8 Å². The molecule has 4 heteroatoms. The van der Waals surface area contributed by atoms with Gasteiger partial charge in [0.25, 0.3) is 0 Å². The minimum atomic E-state index is 0.0774. The minimum absolute atomic E-state index is 0.0774. The Balaban J connectivity index is 1.90. The molecule has 2 rings (SSSR count). The summed E-state index contributed by atoms with van der Waals surface area (Å²) in [5.41, 5.74) is 1.19. The lowest BCUT2D eigenvalue weighted by Gasteiger charge is -2.34. The number of nitrogens with zero attached hydrogens (tertiary/aromatic N) is 2.